The van der Waals surface area contributed by atoms with E-state index in [0.29, 0.717) is 11.4 Å². The second-order valence-electron chi connectivity index (χ2n) is 5.37. The summed E-state index contributed by atoms with van der Waals surface area (Å²) in [5, 5.41) is 18.7. The Labute approximate surface area is 155 Å². The van der Waals surface area contributed by atoms with Crippen LogP contribution in [0.2, 0.25) is 0 Å². The third-order valence-electron chi connectivity index (χ3n) is 3.17. The summed E-state index contributed by atoms with van der Waals surface area (Å²) in [5.41, 5.74) is 7.08. The number of carboxylic acids is 2. The number of halogens is 3. The van der Waals surface area contributed by atoms with Crippen molar-refractivity contribution in [3.8, 4) is 0 Å². The molecule has 28 heavy (non-hydrogen) atoms. The smallest absolute Gasteiger partial charge is 0.480 e. The van der Waals surface area contributed by atoms with Crippen LogP contribution in [0.4, 0.5) is 13.2 Å². The lowest BCUT2D eigenvalue weighted by atomic mass is 10.1. The van der Waals surface area contributed by atoms with Gasteiger partial charge in [0, 0.05) is 36.6 Å². The summed E-state index contributed by atoms with van der Waals surface area (Å²) in [6.07, 6.45) is 1.28. The highest BCUT2D eigenvalue weighted by Crippen LogP contribution is 2.13. The van der Waals surface area contributed by atoms with E-state index in [4.69, 9.17) is 20.7 Å². The number of rotatable bonds is 7. The Morgan fingerprint density at radius 2 is 1.54 bits per heavy atom. The average molecular weight is 406 g/mol. The number of carbonyl (C=O) groups is 3. The number of H-pyrrole nitrogens is 2. The summed E-state index contributed by atoms with van der Waals surface area (Å²) in [6, 6.07) is -1.92. The molecule has 0 aromatic carbocycles. The van der Waals surface area contributed by atoms with Crippen LogP contribution in [0.25, 0.3) is 0 Å². The van der Waals surface area contributed by atoms with Gasteiger partial charge in [0.25, 0.3) is 0 Å². The molecule has 11 nitrogen and oxygen atoms in total. The van der Waals surface area contributed by atoms with Crippen molar-refractivity contribution in [2.24, 2.45) is 5.73 Å². The number of nitrogens with two attached hydrogens (primary N) is 1. The van der Waals surface area contributed by atoms with Gasteiger partial charge in [0.2, 0.25) is 5.91 Å². The largest absolute Gasteiger partial charge is 0.490 e. The van der Waals surface area contributed by atoms with Crippen LogP contribution in [0.15, 0.2) is 25.0 Å². The fourth-order valence-corrected chi connectivity index (χ4v) is 1.82. The van der Waals surface area contributed by atoms with E-state index in [1.807, 2.05) is 0 Å². The number of alkyl halides is 3. The minimum atomic E-state index is -5.08. The van der Waals surface area contributed by atoms with Crippen LogP contribution in [0.3, 0.4) is 0 Å². The van der Waals surface area contributed by atoms with E-state index >= 15 is 0 Å². The maximum absolute atomic E-state index is 12.0. The highest BCUT2D eigenvalue weighted by molar-refractivity contribution is 5.87. The van der Waals surface area contributed by atoms with Gasteiger partial charge in [0.15, 0.2) is 0 Å². The van der Waals surface area contributed by atoms with E-state index in [0.717, 1.165) is 0 Å². The van der Waals surface area contributed by atoms with Crippen molar-refractivity contribution in [3.05, 3.63) is 36.4 Å². The molecule has 2 aromatic heterocycles. The van der Waals surface area contributed by atoms with Crippen LogP contribution < -0.4 is 11.1 Å². The molecule has 2 rings (SSSR count). The minimum Gasteiger partial charge on any atom is -0.480 e. The van der Waals surface area contributed by atoms with Crippen LogP contribution in [0.1, 0.15) is 11.4 Å². The van der Waals surface area contributed by atoms with Crippen molar-refractivity contribution in [2.45, 2.75) is 31.1 Å². The maximum atomic E-state index is 12.0. The molecule has 0 radical (unpaired) electrons. The molecule has 0 unspecified atom stereocenters. The zero-order valence-corrected chi connectivity index (χ0v) is 14.1. The Hall–Kier alpha value is -3.42. The zero-order valence-electron chi connectivity index (χ0n) is 14.1. The molecule has 1 amide bonds. The molecule has 154 valence electrons. The number of aromatic nitrogens is 4. The molecule has 14 heteroatoms. The molecule has 0 bridgehead atoms. The van der Waals surface area contributed by atoms with Crippen LogP contribution in [-0.4, -0.2) is 66.3 Å². The third-order valence-corrected chi connectivity index (χ3v) is 3.17. The van der Waals surface area contributed by atoms with Gasteiger partial charge in [0.05, 0.1) is 18.7 Å². The highest BCUT2D eigenvalue weighted by atomic mass is 19.4. The molecule has 0 aliphatic carbocycles. The Balaban J connectivity index is 0.000000480. The Morgan fingerprint density at radius 3 is 1.89 bits per heavy atom. The predicted molar refractivity (Wildman–Crippen MR) is 85.8 cm³/mol. The number of aliphatic carboxylic acids is 2. The number of imidazole rings is 2. The summed E-state index contributed by atoms with van der Waals surface area (Å²) in [7, 11) is 0. The number of nitrogens with zero attached hydrogens (tertiary/aromatic N) is 2. The molecule has 2 atom stereocenters. The lowest BCUT2D eigenvalue weighted by molar-refractivity contribution is -0.192. The second kappa shape index (κ2) is 10.1. The van der Waals surface area contributed by atoms with Gasteiger partial charge in [-0.05, 0) is 0 Å². The van der Waals surface area contributed by atoms with Crippen molar-refractivity contribution in [1.29, 1.82) is 0 Å². The van der Waals surface area contributed by atoms with Crippen molar-refractivity contribution in [3.63, 3.8) is 0 Å². The van der Waals surface area contributed by atoms with Gasteiger partial charge in [-0.15, -0.1) is 0 Å². The van der Waals surface area contributed by atoms with Crippen molar-refractivity contribution in [2.75, 3.05) is 0 Å². The molecule has 0 aliphatic rings. The number of hydrogen-bond donors (Lipinski definition) is 6. The molecule has 2 aromatic rings. The molecular formula is C14H17F3N6O5. The Kier molecular flexibility index (Phi) is 8.12. The van der Waals surface area contributed by atoms with Crippen LogP contribution in [0.5, 0.6) is 0 Å². The van der Waals surface area contributed by atoms with E-state index in [2.05, 4.69) is 25.3 Å². The van der Waals surface area contributed by atoms with Gasteiger partial charge in [0.1, 0.15) is 6.04 Å². The van der Waals surface area contributed by atoms with Crippen molar-refractivity contribution < 1.29 is 37.8 Å². The first-order valence-electron chi connectivity index (χ1n) is 7.54. The molecule has 0 saturated carbocycles. The standard InChI is InChI=1S/C12H16N6O3.C2HF3O2/c13-9(1-7-3-14-5-16-7)11(19)18-10(12(20)21)2-8-4-15-6-17-8;3-2(4,5)1(6)7/h3-6,9-10H,1-2,13H2,(H,14,16)(H,15,17)(H,18,19)(H,20,21);(H,6,7)/t9-,10+;/m0./s1. The lowest BCUT2D eigenvalue weighted by Crippen LogP contribution is -2.50. The number of carboxylic acid groups (broad SMARTS) is 2. The van der Waals surface area contributed by atoms with E-state index in [1.54, 1.807) is 6.20 Å². The number of amides is 1. The Bertz CT molecular complexity index is 763. The van der Waals surface area contributed by atoms with Gasteiger partial charge in [-0.3, -0.25) is 4.79 Å². The van der Waals surface area contributed by atoms with Gasteiger partial charge in [-0.1, -0.05) is 0 Å². The summed E-state index contributed by atoms with van der Waals surface area (Å²) >= 11 is 0. The summed E-state index contributed by atoms with van der Waals surface area (Å²) in [4.78, 5) is 45.3. The number of aromatic amines is 2. The normalized spacial score (nSPS) is 13.0. The topological polar surface area (TPSA) is 187 Å². The summed E-state index contributed by atoms with van der Waals surface area (Å²) < 4.78 is 31.7. The van der Waals surface area contributed by atoms with Gasteiger partial charge in [-0.2, -0.15) is 13.2 Å². The summed E-state index contributed by atoms with van der Waals surface area (Å²) in [6.45, 7) is 0. The third kappa shape index (κ3) is 7.86. The van der Waals surface area contributed by atoms with E-state index in [-0.39, 0.29) is 12.8 Å². The number of hydrogen-bond acceptors (Lipinski definition) is 6. The maximum Gasteiger partial charge on any atom is 0.490 e. The summed E-state index contributed by atoms with van der Waals surface area (Å²) in [5.74, 6) is -4.42. The fourth-order valence-electron chi connectivity index (χ4n) is 1.82. The quantitative estimate of drug-likeness (QED) is 0.353. The predicted octanol–water partition coefficient (Wildman–Crippen LogP) is -0.552. The van der Waals surface area contributed by atoms with Crippen molar-refractivity contribution >= 4 is 17.8 Å². The SMILES string of the molecule is N[C@@H](Cc1cnc[nH]1)C(=O)N[C@H](Cc1cnc[nH]1)C(=O)O.O=C(O)C(F)(F)F. The van der Waals surface area contributed by atoms with Crippen LogP contribution in [0, 0.1) is 0 Å². The molecular weight excluding hydrogens is 389 g/mol. The molecule has 0 saturated heterocycles. The average Bonchev–Trinajstić information content (AvgIpc) is 3.27. The van der Waals surface area contributed by atoms with E-state index in [9.17, 15) is 22.8 Å². The second-order valence-corrected chi connectivity index (χ2v) is 5.37. The molecule has 0 spiro atoms. The fraction of sp³-hybridized carbons (Fsp3) is 0.357. The van der Waals surface area contributed by atoms with E-state index in [1.165, 1.54) is 18.9 Å². The number of nitrogens with one attached hydrogen (secondary N) is 3. The molecule has 0 fully saturated rings. The first-order valence-corrected chi connectivity index (χ1v) is 7.54. The molecule has 0 aliphatic heterocycles. The lowest BCUT2D eigenvalue weighted by Gasteiger charge is -2.17. The highest BCUT2D eigenvalue weighted by Gasteiger charge is 2.38. The number of carbonyl (C=O) groups excluding carboxylic acids is 1. The Morgan fingerprint density at radius 1 is 1.07 bits per heavy atom. The van der Waals surface area contributed by atoms with Gasteiger partial charge >= 0.3 is 18.1 Å². The van der Waals surface area contributed by atoms with Gasteiger partial charge < -0.3 is 31.2 Å². The van der Waals surface area contributed by atoms with Crippen molar-refractivity contribution in [1.82, 2.24) is 25.3 Å². The van der Waals surface area contributed by atoms with E-state index < -0.39 is 36.1 Å². The first kappa shape index (κ1) is 22.6. The van der Waals surface area contributed by atoms with Crippen LogP contribution in [-0.2, 0) is 27.2 Å². The van der Waals surface area contributed by atoms with Gasteiger partial charge in [-0.25, -0.2) is 19.6 Å². The zero-order chi connectivity index (χ0) is 21.3. The van der Waals surface area contributed by atoms with Crippen LogP contribution >= 0.6 is 0 Å². The minimum absolute atomic E-state index is 0.109. The monoisotopic (exact) mass is 406 g/mol. The molecule has 7 N–H and O–H groups in total. The first-order chi connectivity index (χ1) is 13.0. The molecule has 2 heterocycles.